The molecule has 0 aliphatic rings. The topological polar surface area (TPSA) is 38.3 Å². The van der Waals surface area contributed by atoms with Gasteiger partial charge in [0.05, 0.1) is 6.61 Å². The second-order valence-electron chi connectivity index (χ2n) is 5.59. The maximum atomic E-state index is 11.8. The van der Waals surface area contributed by atoms with Gasteiger partial charge in [0, 0.05) is 23.0 Å². The molecular formula is C19H21Cl2NO2. The summed E-state index contributed by atoms with van der Waals surface area (Å²) in [7, 11) is 0. The van der Waals surface area contributed by atoms with E-state index in [4.69, 9.17) is 27.9 Å². The number of carbonyl (C=O) groups excluding carboxylic acids is 1. The van der Waals surface area contributed by atoms with Crippen LogP contribution in [0, 0.1) is 6.92 Å². The molecule has 0 heterocycles. The number of amides is 1. The third kappa shape index (κ3) is 6.42. The summed E-state index contributed by atoms with van der Waals surface area (Å²) in [6.45, 7) is 3.06. The number of benzene rings is 2. The van der Waals surface area contributed by atoms with Gasteiger partial charge in [0.25, 0.3) is 0 Å². The molecule has 2 aromatic carbocycles. The van der Waals surface area contributed by atoms with Gasteiger partial charge < -0.3 is 10.1 Å². The molecule has 3 nitrogen and oxygen atoms in total. The van der Waals surface area contributed by atoms with E-state index in [1.165, 1.54) is 0 Å². The first-order valence-electron chi connectivity index (χ1n) is 7.94. The van der Waals surface area contributed by atoms with Gasteiger partial charge in [-0.3, -0.25) is 4.79 Å². The van der Waals surface area contributed by atoms with Crippen molar-refractivity contribution >= 4 is 29.1 Å². The van der Waals surface area contributed by atoms with Crippen LogP contribution in [0.5, 0.6) is 5.75 Å². The minimum absolute atomic E-state index is 0.0356. The molecular weight excluding hydrogens is 345 g/mol. The van der Waals surface area contributed by atoms with Crippen molar-refractivity contribution in [3.8, 4) is 5.75 Å². The summed E-state index contributed by atoms with van der Waals surface area (Å²) in [6.07, 6.45) is 1.89. The summed E-state index contributed by atoms with van der Waals surface area (Å²) in [6, 6.07) is 13.2. The van der Waals surface area contributed by atoms with Crippen molar-refractivity contribution in [1.29, 1.82) is 0 Å². The van der Waals surface area contributed by atoms with E-state index in [1.54, 1.807) is 6.07 Å². The Morgan fingerprint density at radius 1 is 1.12 bits per heavy atom. The SMILES string of the molecule is Cc1cc(Cl)ccc1OCCCC(=O)NCCc1cccc(Cl)c1. The fraction of sp³-hybridized carbons (Fsp3) is 0.316. The predicted molar refractivity (Wildman–Crippen MR) is 99.1 cm³/mol. The monoisotopic (exact) mass is 365 g/mol. The zero-order valence-corrected chi connectivity index (χ0v) is 15.2. The summed E-state index contributed by atoms with van der Waals surface area (Å²) in [5.74, 6) is 0.842. The van der Waals surface area contributed by atoms with Crippen LogP contribution in [0.1, 0.15) is 24.0 Å². The van der Waals surface area contributed by atoms with Gasteiger partial charge in [-0.25, -0.2) is 0 Å². The molecule has 0 saturated carbocycles. The van der Waals surface area contributed by atoms with Crippen LogP contribution in [0.25, 0.3) is 0 Å². The molecule has 0 atom stereocenters. The number of hydrogen-bond acceptors (Lipinski definition) is 2. The maximum absolute atomic E-state index is 11.8. The standard InChI is InChI=1S/C19H21Cl2NO2/c1-14-12-17(21)7-8-18(14)24-11-3-6-19(23)22-10-9-15-4-2-5-16(20)13-15/h2,4-5,7-8,12-13H,3,6,9-11H2,1H3,(H,22,23). The molecule has 1 amide bonds. The van der Waals surface area contributed by atoms with Gasteiger partial charge in [-0.05, 0) is 61.2 Å². The molecule has 0 aromatic heterocycles. The molecule has 0 fully saturated rings. The molecule has 24 heavy (non-hydrogen) atoms. The van der Waals surface area contributed by atoms with Gasteiger partial charge in [-0.1, -0.05) is 35.3 Å². The number of halogens is 2. The number of aryl methyl sites for hydroxylation is 1. The van der Waals surface area contributed by atoms with E-state index in [0.717, 1.165) is 23.3 Å². The van der Waals surface area contributed by atoms with Crippen molar-refractivity contribution < 1.29 is 9.53 Å². The second kappa shape index (κ2) is 9.55. The summed E-state index contributed by atoms with van der Waals surface area (Å²) in [5, 5.41) is 4.32. The lowest BCUT2D eigenvalue weighted by Crippen LogP contribution is -2.25. The molecule has 0 unspecified atom stereocenters. The van der Waals surface area contributed by atoms with Crippen LogP contribution in [0.3, 0.4) is 0 Å². The highest BCUT2D eigenvalue weighted by Gasteiger charge is 2.04. The van der Waals surface area contributed by atoms with Gasteiger partial charge in [0.1, 0.15) is 5.75 Å². The van der Waals surface area contributed by atoms with Crippen LogP contribution >= 0.6 is 23.2 Å². The van der Waals surface area contributed by atoms with Crippen molar-refractivity contribution in [2.24, 2.45) is 0 Å². The third-order valence-electron chi connectivity index (χ3n) is 3.57. The normalized spacial score (nSPS) is 10.5. The van der Waals surface area contributed by atoms with Crippen LogP contribution in [-0.4, -0.2) is 19.1 Å². The largest absolute Gasteiger partial charge is 0.493 e. The lowest BCUT2D eigenvalue weighted by Gasteiger charge is -2.09. The Labute approximate surface area is 152 Å². The first-order chi connectivity index (χ1) is 11.5. The molecule has 1 N–H and O–H groups in total. The van der Waals surface area contributed by atoms with Gasteiger partial charge >= 0.3 is 0 Å². The highest BCUT2D eigenvalue weighted by molar-refractivity contribution is 6.30. The van der Waals surface area contributed by atoms with E-state index in [1.807, 2.05) is 43.3 Å². The van der Waals surface area contributed by atoms with Crippen LogP contribution < -0.4 is 10.1 Å². The first kappa shape index (κ1) is 18.6. The van der Waals surface area contributed by atoms with Crippen LogP contribution in [0.4, 0.5) is 0 Å². The second-order valence-corrected chi connectivity index (χ2v) is 6.46. The minimum Gasteiger partial charge on any atom is -0.493 e. The number of nitrogens with one attached hydrogen (secondary N) is 1. The van der Waals surface area contributed by atoms with Gasteiger partial charge in [0.2, 0.25) is 5.91 Å². The van der Waals surface area contributed by atoms with Crippen LogP contribution in [-0.2, 0) is 11.2 Å². The van der Waals surface area contributed by atoms with E-state index < -0.39 is 0 Å². The fourth-order valence-corrected chi connectivity index (χ4v) is 2.76. The summed E-state index contributed by atoms with van der Waals surface area (Å²) in [5.41, 5.74) is 2.11. The minimum atomic E-state index is 0.0356. The smallest absolute Gasteiger partial charge is 0.220 e. The van der Waals surface area contributed by atoms with Crippen LogP contribution in [0.15, 0.2) is 42.5 Å². The van der Waals surface area contributed by atoms with Gasteiger partial charge in [0.15, 0.2) is 0 Å². The maximum Gasteiger partial charge on any atom is 0.220 e. The van der Waals surface area contributed by atoms with E-state index in [-0.39, 0.29) is 5.91 Å². The van der Waals surface area contributed by atoms with E-state index in [0.29, 0.717) is 36.0 Å². The summed E-state index contributed by atoms with van der Waals surface area (Å²) < 4.78 is 5.68. The van der Waals surface area contributed by atoms with Gasteiger partial charge in [-0.15, -0.1) is 0 Å². The number of ether oxygens (including phenoxy) is 1. The average molecular weight is 366 g/mol. The zero-order valence-electron chi connectivity index (χ0n) is 13.6. The molecule has 0 aliphatic heterocycles. The van der Waals surface area contributed by atoms with E-state index in [9.17, 15) is 4.79 Å². The Balaban J connectivity index is 1.61. The Hall–Kier alpha value is -1.71. The molecule has 2 rings (SSSR count). The molecule has 0 spiro atoms. The van der Waals surface area contributed by atoms with Crippen LogP contribution in [0.2, 0.25) is 10.0 Å². The quantitative estimate of drug-likeness (QED) is 0.681. The fourth-order valence-electron chi connectivity index (χ4n) is 2.32. The van der Waals surface area contributed by atoms with E-state index >= 15 is 0 Å². The molecule has 0 radical (unpaired) electrons. The van der Waals surface area contributed by atoms with Crippen molar-refractivity contribution in [1.82, 2.24) is 5.32 Å². The Morgan fingerprint density at radius 2 is 1.92 bits per heavy atom. The lowest BCUT2D eigenvalue weighted by molar-refractivity contribution is -0.121. The zero-order chi connectivity index (χ0) is 17.4. The highest BCUT2D eigenvalue weighted by Crippen LogP contribution is 2.21. The van der Waals surface area contributed by atoms with Crippen molar-refractivity contribution in [2.45, 2.75) is 26.2 Å². The number of hydrogen-bond donors (Lipinski definition) is 1. The van der Waals surface area contributed by atoms with E-state index in [2.05, 4.69) is 5.32 Å². The summed E-state index contributed by atoms with van der Waals surface area (Å²) in [4.78, 5) is 11.8. The van der Waals surface area contributed by atoms with Gasteiger partial charge in [-0.2, -0.15) is 0 Å². The molecule has 0 saturated heterocycles. The third-order valence-corrected chi connectivity index (χ3v) is 4.04. The Bertz CT molecular complexity index is 689. The number of carbonyl (C=O) groups is 1. The number of rotatable bonds is 8. The predicted octanol–water partition coefficient (Wildman–Crippen LogP) is 4.82. The molecule has 128 valence electrons. The first-order valence-corrected chi connectivity index (χ1v) is 8.70. The Kier molecular flexibility index (Phi) is 7.41. The molecule has 0 aliphatic carbocycles. The highest BCUT2D eigenvalue weighted by atomic mass is 35.5. The van der Waals surface area contributed by atoms with Crippen molar-refractivity contribution in [3.63, 3.8) is 0 Å². The van der Waals surface area contributed by atoms with Crippen molar-refractivity contribution in [2.75, 3.05) is 13.2 Å². The molecule has 0 bridgehead atoms. The molecule has 5 heteroatoms. The average Bonchev–Trinajstić information content (AvgIpc) is 2.53. The molecule has 2 aromatic rings. The Morgan fingerprint density at radius 3 is 2.67 bits per heavy atom. The summed E-state index contributed by atoms with van der Waals surface area (Å²) >= 11 is 11.8. The lowest BCUT2D eigenvalue weighted by atomic mass is 10.1. The van der Waals surface area contributed by atoms with Crippen molar-refractivity contribution in [3.05, 3.63) is 63.6 Å².